The zero-order valence-electron chi connectivity index (χ0n) is 11.6. The van der Waals surface area contributed by atoms with E-state index in [1.54, 1.807) is 6.92 Å². The van der Waals surface area contributed by atoms with Gasteiger partial charge in [0.1, 0.15) is 0 Å². The van der Waals surface area contributed by atoms with Crippen LogP contribution >= 0.6 is 31.9 Å². The molecule has 0 fully saturated rings. The molecule has 0 radical (unpaired) electrons. The molecule has 2 atom stereocenters. The van der Waals surface area contributed by atoms with Crippen LogP contribution in [0.4, 0.5) is 0 Å². The number of aliphatic carboxylic acids is 1. The van der Waals surface area contributed by atoms with E-state index in [0.29, 0.717) is 31.8 Å². The summed E-state index contributed by atoms with van der Waals surface area (Å²) >= 11 is 6.94. The number of ether oxygens (including phenoxy) is 3. The summed E-state index contributed by atoms with van der Waals surface area (Å²) in [4.78, 5) is 16.5. The van der Waals surface area contributed by atoms with Crippen molar-refractivity contribution in [1.29, 1.82) is 0 Å². The first-order valence-electron chi connectivity index (χ1n) is 6.28. The molecule has 3 rings (SSSR count). The van der Waals surface area contributed by atoms with E-state index in [9.17, 15) is 4.79 Å². The van der Waals surface area contributed by atoms with Gasteiger partial charge >= 0.3 is 5.97 Å². The molecule has 0 aliphatic carbocycles. The van der Waals surface area contributed by atoms with Gasteiger partial charge in [0, 0.05) is 5.56 Å². The maximum atomic E-state index is 11.2. The molecule has 9 heteroatoms. The number of carboxylic acids is 1. The third-order valence-corrected chi connectivity index (χ3v) is 5.12. The first kappa shape index (κ1) is 15.4. The average molecular weight is 437 g/mol. The zero-order valence-corrected chi connectivity index (χ0v) is 14.7. The molecule has 0 saturated carbocycles. The number of fused-ring (bicyclic) bond motifs is 1. The van der Waals surface area contributed by atoms with Gasteiger partial charge in [-0.15, -0.1) is 0 Å². The van der Waals surface area contributed by atoms with Crippen molar-refractivity contribution in [3.8, 4) is 17.2 Å². The van der Waals surface area contributed by atoms with Crippen LogP contribution in [0.15, 0.2) is 14.1 Å². The molecule has 22 heavy (non-hydrogen) atoms. The lowest BCUT2D eigenvalue weighted by atomic mass is 9.93. The van der Waals surface area contributed by atoms with Crippen molar-refractivity contribution < 1.29 is 28.9 Å². The van der Waals surface area contributed by atoms with E-state index in [-0.39, 0.29) is 12.5 Å². The van der Waals surface area contributed by atoms with Crippen molar-refractivity contribution in [2.75, 3.05) is 13.9 Å². The van der Waals surface area contributed by atoms with Crippen LogP contribution in [0.3, 0.4) is 0 Å². The average Bonchev–Trinajstić information content (AvgIpc) is 3.07. The quantitative estimate of drug-likeness (QED) is 0.783. The molecule has 1 aromatic carbocycles. The predicted molar refractivity (Wildman–Crippen MR) is 82.6 cm³/mol. The third-order valence-electron chi connectivity index (χ3n) is 3.55. The van der Waals surface area contributed by atoms with E-state index in [1.807, 2.05) is 0 Å². The molecule has 0 spiro atoms. The van der Waals surface area contributed by atoms with E-state index >= 15 is 0 Å². The minimum Gasteiger partial charge on any atom is -0.492 e. The van der Waals surface area contributed by atoms with Gasteiger partial charge in [-0.1, -0.05) is 12.1 Å². The summed E-state index contributed by atoms with van der Waals surface area (Å²) in [6.45, 7) is 1.82. The predicted octanol–water partition coefficient (Wildman–Crippen LogP) is 3.10. The number of benzene rings is 1. The van der Waals surface area contributed by atoms with Gasteiger partial charge in [0.25, 0.3) is 0 Å². The lowest BCUT2D eigenvalue weighted by Gasteiger charge is -2.20. The number of methoxy groups -OCH3 is 1. The first-order valence-corrected chi connectivity index (χ1v) is 7.87. The lowest BCUT2D eigenvalue weighted by molar-refractivity contribution is -0.129. The first-order chi connectivity index (χ1) is 10.5. The fourth-order valence-electron chi connectivity index (χ4n) is 2.45. The van der Waals surface area contributed by atoms with Crippen molar-refractivity contribution >= 4 is 43.5 Å². The van der Waals surface area contributed by atoms with Crippen molar-refractivity contribution in [2.24, 2.45) is 11.1 Å². The highest BCUT2D eigenvalue weighted by molar-refractivity contribution is 9.11. The van der Waals surface area contributed by atoms with Crippen LogP contribution in [0.2, 0.25) is 0 Å². The van der Waals surface area contributed by atoms with Gasteiger partial charge in [0.15, 0.2) is 23.3 Å². The molecule has 1 N–H and O–H groups in total. The van der Waals surface area contributed by atoms with Crippen LogP contribution < -0.4 is 14.2 Å². The second-order valence-electron chi connectivity index (χ2n) is 4.74. The number of carbonyl (C=O) groups is 1. The van der Waals surface area contributed by atoms with E-state index in [2.05, 4.69) is 37.0 Å². The molecule has 2 heterocycles. The highest BCUT2D eigenvalue weighted by Gasteiger charge is 2.41. The number of oxime groups is 1. The van der Waals surface area contributed by atoms with Gasteiger partial charge in [0.05, 0.1) is 22.0 Å². The van der Waals surface area contributed by atoms with E-state index in [1.165, 1.54) is 7.11 Å². The normalized spacial score (nSPS) is 22.3. The Morgan fingerprint density at radius 1 is 1.32 bits per heavy atom. The summed E-state index contributed by atoms with van der Waals surface area (Å²) < 4.78 is 17.5. The monoisotopic (exact) mass is 435 g/mol. The van der Waals surface area contributed by atoms with Gasteiger partial charge in [-0.2, -0.15) is 0 Å². The number of hydrogen-bond acceptors (Lipinski definition) is 6. The molecule has 0 unspecified atom stereocenters. The van der Waals surface area contributed by atoms with E-state index < -0.39 is 18.0 Å². The molecule has 0 aromatic heterocycles. The fourth-order valence-corrected chi connectivity index (χ4v) is 4.20. The fraction of sp³-hybridized carbons (Fsp3) is 0.385. The number of carboxylic acid groups (broad SMARTS) is 1. The standard InChI is InChI=1S/C13H11Br2NO6/c1-4-8(13(17)18)16-22-9(4)5-6(14)10(19-2)12-11(7(5)15)20-3-21-12/h4,9H,3H2,1-2H3,(H,17,18)/t4-,9-/m0/s1. The molecule has 0 bridgehead atoms. The van der Waals surface area contributed by atoms with Gasteiger partial charge in [-0.05, 0) is 31.9 Å². The minimum absolute atomic E-state index is 0.0274. The number of rotatable bonds is 3. The molecule has 0 saturated heterocycles. The molecule has 0 amide bonds. The molecule has 2 aliphatic rings. The Hall–Kier alpha value is -1.48. The summed E-state index contributed by atoms with van der Waals surface area (Å²) in [5.74, 6) is -0.0972. The summed E-state index contributed by atoms with van der Waals surface area (Å²) in [6, 6.07) is 0. The van der Waals surface area contributed by atoms with Crippen molar-refractivity contribution in [3.63, 3.8) is 0 Å². The second-order valence-corrected chi connectivity index (χ2v) is 6.32. The summed E-state index contributed by atoms with van der Waals surface area (Å²) in [5.41, 5.74) is 0.633. The van der Waals surface area contributed by atoms with E-state index in [4.69, 9.17) is 24.2 Å². The highest BCUT2D eigenvalue weighted by Crippen LogP contribution is 2.55. The Bertz CT molecular complexity index is 690. The van der Waals surface area contributed by atoms with Crippen LogP contribution in [0, 0.1) is 5.92 Å². The van der Waals surface area contributed by atoms with Gasteiger partial charge in [-0.25, -0.2) is 4.79 Å². The topological polar surface area (TPSA) is 86.6 Å². The van der Waals surface area contributed by atoms with Crippen LogP contribution in [-0.2, 0) is 9.63 Å². The Kier molecular flexibility index (Phi) is 3.94. The second kappa shape index (κ2) is 5.62. The van der Waals surface area contributed by atoms with E-state index in [0.717, 1.165) is 0 Å². The minimum atomic E-state index is -1.10. The highest BCUT2D eigenvalue weighted by atomic mass is 79.9. The van der Waals surface area contributed by atoms with Crippen LogP contribution in [0.5, 0.6) is 17.2 Å². The largest absolute Gasteiger partial charge is 0.492 e. The number of nitrogens with zero attached hydrogens (tertiary/aromatic N) is 1. The SMILES string of the molecule is COc1c(Br)c([C@H]2ON=C(C(=O)O)[C@@H]2C)c(Br)c2c1OCO2. The third kappa shape index (κ3) is 2.14. The van der Waals surface area contributed by atoms with Crippen molar-refractivity contribution in [1.82, 2.24) is 0 Å². The Labute approximate surface area is 142 Å². The molecule has 7 nitrogen and oxygen atoms in total. The summed E-state index contributed by atoms with van der Waals surface area (Å²) in [7, 11) is 1.51. The van der Waals surface area contributed by atoms with Gasteiger partial charge < -0.3 is 24.2 Å². The van der Waals surface area contributed by atoms with Crippen molar-refractivity contribution in [2.45, 2.75) is 13.0 Å². The van der Waals surface area contributed by atoms with Gasteiger partial charge in [0.2, 0.25) is 12.5 Å². The van der Waals surface area contributed by atoms with Crippen LogP contribution in [0.25, 0.3) is 0 Å². The molecule has 118 valence electrons. The maximum absolute atomic E-state index is 11.2. The van der Waals surface area contributed by atoms with Crippen LogP contribution in [-0.4, -0.2) is 30.7 Å². The van der Waals surface area contributed by atoms with Crippen molar-refractivity contribution in [3.05, 3.63) is 14.5 Å². The number of hydrogen-bond donors (Lipinski definition) is 1. The molecule has 1 aromatic rings. The van der Waals surface area contributed by atoms with Crippen LogP contribution in [0.1, 0.15) is 18.6 Å². The summed E-state index contributed by atoms with van der Waals surface area (Å²) in [6.07, 6.45) is -0.585. The Balaban J connectivity index is 2.11. The molecule has 2 aliphatic heterocycles. The smallest absolute Gasteiger partial charge is 0.354 e. The number of halogens is 2. The van der Waals surface area contributed by atoms with Gasteiger partial charge in [-0.3, -0.25) is 0 Å². The Morgan fingerprint density at radius 2 is 2.00 bits per heavy atom. The molecular formula is C13H11Br2NO6. The molecular weight excluding hydrogens is 426 g/mol. The zero-order chi connectivity index (χ0) is 16.0. The summed E-state index contributed by atoms with van der Waals surface area (Å²) in [5, 5.41) is 12.8. The lowest BCUT2D eigenvalue weighted by Crippen LogP contribution is -2.22. The Morgan fingerprint density at radius 3 is 2.59 bits per heavy atom. The maximum Gasteiger partial charge on any atom is 0.354 e.